The summed E-state index contributed by atoms with van der Waals surface area (Å²) < 4.78 is 1.93. The molecule has 8 nitrogen and oxygen atoms in total. The van der Waals surface area contributed by atoms with Gasteiger partial charge in [0.2, 0.25) is 0 Å². The maximum atomic E-state index is 9.92. The van der Waals surface area contributed by atoms with Crippen LogP contribution < -0.4 is 16.0 Å². The minimum Gasteiger partial charge on any atom is -0.508 e. The SMILES string of the molecule is CCc1cc(O)ccc1N=C(N)c1cnn2cc(-c3cnccc3N3CCCC3)cc2c1NC1CCCC1. The summed E-state index contributed by atoms with van der Waals surface area (Å²) in [6.45, 7) is 4.19. The van der Waals surface area contributed by atoms with E-state index in [1.54, 1.807) is 12.1 Å². The number of aromatic nitrogens is 3. The number of phenols is 1. The largest absolute Gasteiger partial charge is 0.508 e. The van der Waals surface area contributed by atoms with E-state index in [1.165, 1.54) is 31.4 Å². The van der Waals surface area contributed by atoms with Crippen molar-refractivity contribution in [2.75, 3.05) is 23.3 Å². The predicted octanol–water partition coefficient (Wildman–Crippen LogP) is 5.66. The first-order valence-corrected chi connectivity index (χ1v) is 13.7. The minimum atomic E-state index is 0.232. The molecule has 1 aliphatic heterocycles. The average molecular weight is 510 g/mol. The van der Waals surface area contributed by atoms with Crippen LogP contribution in [0.15, 0.2) is 60.1 Å². The van der Waals surface area contributed by atoms with Crippen LogP contribution in [-0.4, -0.2) is 44.7 Å². The molecule has 4 aromatic rings. The van der Waals surface area contributed by atoms with Crippen molar-refractivity contribution in [2.24, 2.45) is 10.7 Å². The maximum Gasteiger partial charge on any atom is 0.135 e. The molecule has 3 aromatic heterocycles. The van der Waals surface area contributed by atoms with Gasteiger partial charge in [0.1, 0.15) is 11.6 Å². The Morgan fingerprint density at radius 2 is 1.92 bits per heavy atom. The number of anilines is 2. The van der Waals surface area contributed by atoms with Gasteiger partial charge in [0.25, 0.3) is 0 Å². The summed E-state index contributed by atoms with van der Waals surface area (Å²) in [6, 6.07) is 9.91. The number of nitrogens with zero attached hydrogens (tertiary/aromatic N) is 5. The summed E-state index contributed by atoms with van der Waals surface area (Å²) >= 11 is 0. The Kier molecular flexibility index (Phi) is 6.62. The molecule has 0 bridgehead atoms. The molecule has 0 amide bonds. The van der Waals surface area contributed by atoms with Gasteiger partial charge in [-0.3, -0.25) is 4.98 Å². The summed E-state index contributed by atoms with van der Waals surface area (Å²) in [7, 11) is 0. The molecule has 6 rings (SSSR count). The monoisotopic (exact) mass is 509 g/mol. The number of hydrogen-bond acceptors (Lipinski definition) is 6. The smallest absolute Gasteiger partial charge is 0.135 e. The van der Waals surface area contributed by atoms with Crippen molar-refractivity contribution < 1.29 is 5.11 Å². The molecule has 2 fully saturated rings. The van der Waals surface area contributed by atoms with Crippen LogP contribution in [0.4, 0.5) is 17.1 Å². The van der Waals surface area contributed by atoms with Crippen molar-refractivity contribution in [2.45, 2.75) is 57.9 Å². The lowest BCUT2D eigenvalue weighted by atomic mass is 10.1. The lowest BCUT2D eigenvalue weighted by Crippen LogP contribution is -2.22. The molecule has 0 radical (unpaired) electrons. The molecule has 0 unspecified atom stereocenters. The topological polar surface area (TPSA) is 104 Å². The zero-order valence-corrected chi connectivity index (χ0v) is 21.9. The highest BCUT2D eigenvalue weighted by atomic mass is 16.3. The van der Waals surface area contributed by atoms with E-state index in [2.05, 4.69) is 33.5 Å². The van der Waals surface area contributed by atoms with Gasteiger partial charge in [0, 0.05) is 54.5 Å². The molecule has 38 heavy (non-hydrogen) atoms. The molecule has 1 saturated carbocycles. The Morgan fingerprint density at radius 1 is 1.11 bits per heavy atom. The number of hydrogen-bond donors (Lipinski definition) is 3. The van der Waals surface area contributed by atoms with E-state index >= 15 is 0 Å². The molecule has 2 aliphatic rings. The molecule has 1 aliphatic carbocycles. The second-order valence-corrected chi connectivity index (χ2v) is 10.4. The van der Waals surface area contributed by atoms with Crippen molar-refractivity contribution in [3.8, 4) is 16.9 Å². The molecular formula is C30H35N7O. The fourth-order valence-electron chi connectivity index (χ4n) is 5.82. The first-order chi connectivity index (χ1) is 18.6. The molecule has 4 N–H and O–H groups in total. The molecule has 0 spiro atoms. The molecule has 0 atom stereocenters. The standard InChI is InChI=1S/C30H35N7O/c1-2-20-15-23(38)9-10-26(20)35-30(31)25-18-33-37-19-21(16-28(37)29(25)34-22-7-3-4-8-22)24-17-32-12-11-27(24)36-13-5-6-14-36/h9-12,15-19,22,34,38H,2-8,13-14H2,1H3,(H2,31,35). The third-order valence-electron chi connectivity index (χ3n) is 7.86. The number of aromatic hydroxyl groups is 1. The highest BCUT2D eigenvalue weighted by Gasteiger charge is 2.22. The number of pyridine rings is 1. The molecular weight excluding hydrogens is 474 g/mol. The van der Waals surface area contributed by atoms with E-state index in [-0.39, 0.29) is 5.75 Å². The van der Waals surface area contributed by atoms with E-state index in [9.17, 15) is 5.11 Å². The summed E-state index contributed by atoms with van der Waals surface area (Å²) in [5.74, 6) is 0.637. The normalized spacial score (nSPS) is 16.6. The van der Waals surface area contributed by atoms with Gasteiger partial charge in [-0.2, -0.15) is 5.10 Å². The number of nitrogens with one attached hydrogen (secondary N) is 1. The molecule has 1 aromatic carbocycles. The van der Waals surface area contributed by atoms with Crippen LogP contribution >= 0.6 is 0 Å². The van der Waals surface area contributed by atoms with Gasteiger partial charge >= 0.3 is 0 Å². The first kappa shape index (κ1) is 24.3. The van der Waals surface area contributed by atoms with Crippen molar-refractivity contribution in [1.82, 2.24) is 14.6 Å². The number of amidine groups is 1. The molecule has 1 saturated heterocycles. The van der Waals surface area contributed by atoms with Crippen LogP contribution in [0.5, 0.6) is 5.75 Å². The van der Waals surface area contributed by atoms with E-state index in [4.69, 9.17) is 15.8 Å². The Hall–Kier alpha value is -4.07. The zero-order chi connectivity index (χ0) is 26.1. The van der Waals surface area contributed by atoms with Gasteiger partial charge in [0.15, 0.2) is 0 Å². The van der Waals surface area contributed by atoms with Crippen LogP contribution in [-0.2, 0) is 6.42 Å². The summed E-state index contributed by atoms with van der Waals surface area (Å²) in [4.78, 5) is 11.7. The van der Waals surface area contributed by atoms with Crippen LogP contribution in [0.3, 0.4) is 0 Å². The predicted molar refractivity (Wildman–Crippen MR) is 154 cm³/mol. The number of rotatable bonds is 7. The van der Waals surface area contributed by atoms with Crippen LogP contribution in [0, 0.1) is 0 Å². The lowest BCUT2D eigenvalue weighted by Gasteiger charge is -2.20. The maximum absolute atomic E-state index is 9.92. The summed E-state index contributed by atoms with van der Waals surface area (Å²) in [5.41, 5.74) is 14.5. The average Bonchev–Trinajstić information content (AvgIpc) is 3.72. The van der Waals surface area contributed by atoms with Crippen LogP contribution in [0.25, 0.3) is 16.6 Å². The van der Waals surface area contributed by atoms with Crippen LogP contribution in [0.2, 0.25) is 0 Å². The second kappa shape index (κ2) is 10.4. The number of nitrogens with two attached hydrogens (primary N) is 1. The first-order valence-electron chi connectivity index (χ1n) is 13.7. The Labute approximate surface area is 223 Å². The van der Waals surface area contributed by atoms with Gasteiger partial charge in [-0.25, -0.2) is 9.51 Å². The third-order valence-corrected chi connectivity index (χ3v) is 7.86. The Morgan fingerprint density at radius 3 is 2.71 bits per heavy atom. The summed E-state index contributed by atoms with van der Waals surface area (Å²) in [5, 5.41) is 18.5. The van der Waals surface area contributed by atoms with E-state index in [0.29, 0.717) is 11.9 Å². The third kappa shape index (κ3) is 4.66. The van der Waals surface area contributed by atoms with Gasteiger partial charge < -0.3 is 21.1 Å². The van der Waals surface area contributed by atoms with Crippen molar-refractivity contribution in [1.29, 1.82) is 0 Å². The zero-order valence-electron chi connectivity index (χ0n) is 21.9. The quantitative estimate of drug-likeness (QED) is 0.219. The van der Waals surface area contributed by atoms with Crippen molar-refractivity contribution in [3.63, 3.8) is 0 Å². The van der Waals surface area contributed by atoms with Gasteiger partial charge in [0.05, 0.1) is 28.7 Å². The number of fused-ring (bicyclic) bond motifs is 1. The lowest BCUT2D eigenvalue weighted by molar-refractivity contribution is 0.474. The van der Waals surface area contributed by atoms with Gasteiger partial charge in [-0.15, -0.1) is 0 Å². The highest BCUT2D eigenvalue weighted by Crippen LogP contribution is 2.36. The fraction of sp³-hybridized carbons (Fsp3) is 0.367. The summed E-state index contributed by atoms with van der Waals surface area (Å²) in [6.07, 6.45) is 15.6. The van der Waals surface area contributed by atoms with Crippen molar-refractivity contribution >= 4 is 28.4 Å². The van der Waals surface area contributed by atoms with Crippen molar-refractivity contribution in [3.05, 3.63) is 66.2 Å². The number of phenolic OH excluding ortho intramolecular Hbond substituents is 1. The molecule has 8 heteroatoms. The molecule has 196 valence electrons. The number of aryl methyl sites for hydroxylation is 1. The number of aliphatic imine (C=N–C) groups is 1. The van der Waals surface area contributed by atoms with E-state index < -0.39 is 0 Å². The Balaban J connectivity index is 1.46. The second-order valence-electron chi connectivity index (χ2n) is 10.4. The van der Waals surface area contributed by atoms with Crippen LogP contribution in [0.1, 0.15) is 56.6 Å². The Bertz CT molecular complexity index is 1480. The van der Waals surface area contributed by atoms with Gasteiger partial charge in [-0.1, -0.05) is 19.8 Å². The number of benzene rings is 1. The molecule has 4 heterocycles. The van der Waals surface area contributed by atoms with E-state index in [0.717, 1.165) is 71.5 Å². The van der Waals surface area contributed by atoms with Gasteiger partial charge in [-0.05, 0) is 68.0 Å². The fourth-order valence-corrected chi connectivity index (χ4v) is 5.82. The van der Waals surface area contributed by atoms with E-state index in [1.807, 2.05) is 36.1 Å². The highest BCUT2D eigenvalue weighted by molar-refractivity contribution is 6.06. The minimum absolute atomic E-state index is 0.232.